The quantitative estimate of drug-likeness (QED) is 0.605. The van der Waals surface area contributed by atoms with E-state index in [0.717, 1.165) is 17.8 Å². The second kappa shape index (κ2) is 5.13. The van der Waals surface area contributed by atoms with Gasteiger partial charge >= 0.3 is 0 Å². The van der Waals surface area contributed by atoms with Gasteiger partial charge in [0.1, 0.15) is 0 Å². The van der Waals surface area contributed by atoms with Crippen molar-refractivity contribution in [1.29, 1.82) is 0 Å². The SMILES string of the molecule is CC(CNCCCC1CC1)C1CNC1. The van der Waals surface area contributed by atoms with Gasteiger partial charge in [-0.05, 0) is 56.8 Å². The molecule has 1 heterocycles. The van der Waals surface area contributed by atoms with E-state index in [2.05, 4.69) is 17.6 Å². The fraction of sp³-hybridized carbons (Fsp3) is 1.00. The maximum Gasteiger partial charge on any atom is -0.000522 e. The molecule has 2 nitrogen and oxygen atoms in total. The van der Waals surface area contributed by atoms with Gasteiger partial charge in [0.05, 0.1) is 0 Å². The summed E-state index contributed by atoms with van der Waals surface area (Å²) in [5.41, 5.74) is 0. The van der Waals surface area contributed by atoms with Gasteiger partial charge in [0.2, 0.25) is 0 Å². The topological polar surface area (TPSA) is 24.1 Å². The fourth-order valence-corrected chi connectivity index (χ4v) is 2.13. The highest BCUT2D eigenvalue weighted by atomic mass is 15.0. The highest BCUT2D eigenvalue weighted by Crippen LogP contribution is 2.33. The third kappa shape index (κ3) is 3.25. The molecule has 1 saturated heterocycles. The molecule has 1 unspecified atom stereocenters. The van der Waals surface area contributed by atoms with Crippen LogP contribution in [-0.4, -0.2) is 26.2 Å². The molecule has 0 spiro atoms. The molecule has 14 heavy (non-hydrogen) atoms. The molecule has 0 aromatic rings. The number of hydrogen-bond acceptors (Lipinski definition) is 2. The lowest BCUT2D eigenvalue weighted by molar-refractivity contribution is 0.242. The molecule has 2 fully saturated rings. The highest BCUT2D eigenvalue weighted by molar-refractivity contribution is 4.80. The molecule has 1 atom stereocenters. The maximum atomic E-state index is 3.59. The Balaban J connectivity index is 1.41. The van der Waals surface area contributed by atoms with Gasteiger partial charge in [-0.2, -0.15) is 0 Å². The van der Waals surface area contributed by atoms with Crippen LogP contribution in [0.2, 0.25) is 0 Å². The first kappa shape index (κ1) is 10.4. The third-order valence-corrected chi connectivity index (χ3v) is 3.75. The Labute approximate surface area is 87.8 Å². The Kier molecular flexibility index (Phi) is 3.82. The van der Waals surface area contributed by atoms with Gasteiger partial charge in [0.15, 0.2) is 0 Å². The minimum Gasteiger partial charge on any atom is -0.316 e. The van der Waals surface area contributed by atoms with E-state index in [1.807, 2.05) is 0 Å². The summed E-state index contributed by atoms with van der Waals surface area (Å²) in [6.45, 7) is 7.31. The summed E-state index contributed by atoms with van der Waals surface area (Å²) in [6.07, 6.45) is 5.86. The highest BCUT2D eigenvalue weighted by Gasteiger charge is 2.23. The minimum atomic E-state index is 0.858. The smallest absolute Gasteiger partial charge is 0.000522 e. The molecule has 0 aromatic heterocycles. The van der Waals surface area contributed by atoms with Crippen LogP contribution in [0, 0.1) is 17.8 Å². The summed E-state index contributed by atoms with van der Waals surface area (Å²) in [4.78, 5) is 0. The molecule has 1 saturated carbocycles. The second-order valence-electron chi connectivity index (χ2n) is 5.19. The average Bonchev–Trinajstić information content (AvgIpc) is 2.84. The van der Waals surface area contributed by atoms with Gasteiger partial charge in [-0.3, -0.25) is 0 Å². The lowest BCUT2D eigenvalue weighted by Gasteiger charge is -2.32. The standard InChI is InChI=1S/C12H24N2/c1-10(12-8-14-9-12)7-13-6-2-3-11-4-5-11/h10-14H,2-9H2,1H3. The monoisotopic (exact) mass is 196 g/mol. The van der Waals surface area contributed by atoms with Crippen LogP contribution in [0.15, 0.2) is 0 Å². The van der Waals surface area contributed by atoms with Gasteiger partial charge in [-0.25, -0.2) is 0 Å². The van der Waals surface area contributed by atoms with Crippen molar-refractivity contribution in [3.05, 3.63) is 0 Å². The molecular formula is C12H24N2. The predicted octanol–water partition coefficient (Wildman–Crippen LogP) is 1.62. The van der Waals surface area contributed by atoms with Crippen molar-refractivity contribution in [2.75, 3.05) is 26.2 Å². The van der Waals surface area contributed by atoms with Crippen molar-refractivity contribution < 1.29 is 0 Å². The summed E-state index contributed by atoms with van der Waals surface area (Å²) in [5.74, 6) is 2.90. The van der Waals surface area contributed by atoms with Crippen LogP contribution in [0.5, 0.6) is 0 Å². The van der Waals surface area contributed by atoms with Crippen molar-refractivity contribution >= 4 is 0 Å². The van der Waals surface area contributed by atoms with Crippen LogP contribution in [0.25, 0.3) is 0 Å². The Morgan fingerprint density at radius 3 is 2.71 bits per heavy atom. The van der Waals surface area contributed by atoms with Crippen molar-refractivity contribution in [2.24, 2.45) is 17.8 Å². The van der Waals surface area contributed by atoms with Crippen molar-refractivity contribution in [3.63, 3.8) is 0 Å². The van der Waals surface area contributed by atoms with E-state index in [0.29, 0.717) is 0 Å². The van der Waals surface area contributed by atoms with Gasteiger partial charge in [0.25, 0.3) is 0 Å². The Morgan fingerprint density at radius 1 is 1.36 bits per heavy atom. The van der Waals surface area contributed by atoms with Gasteiger partial charge in [0, 0.05) is 0 Å². The first-order chi connectivity index (χ1) is 6.86. The van der Waals surface area contributed by atoms with E-state index >= 15 is 0 Å². The average molecular weight is 196 g/mol. The Morgan fingerprint density at radius 2 is 2.14 bits per heavy atom. The molecule has 82 valence electrons. The molecule has 2 N–H and O–H groups in total. The second-order valence-corrected chi connectivity index (χ2v) is 5.19. The van der Waals surface area contributed by atoms with Crippen LogP contribution >= 0.6 is 0 Å². The summed E-state index contributed by atoms with van der Waals surface area (Å²) < 4.78 is 0. The molecule has 0 bridgehead atoms. The fourth-order valence-electron chi connectivity index (χ4n) is 2.13. The van der Waals surface area contributed by atoms with E-state index in [4.69, 9.17) is 0 Å². The van der Waals surface area contributed by atoms with Crippen molar-refractivity contribution in [3.8, 4) is 0 Å². The summed E-state index contributed by atoms with van der Waals surface area (Å²) in [5, 5.41) is 6.93. The predicted molar refractivity (Wildman–Crippen MR) is 60.4 cm³/mol. The van der Waals surface area contributed by atoms with Gasteiger partial charge < -0.3 is 10.6 Å². The van der Waals surface area contributed by atoms with Crippen molar-refractivity contribution in [1.82, 2.24) is 10.6 Å². The zero-order valence-corrected chi connectivity index (χ0v) is 9.39. The zero-order chi connectivity index (χ0) is 9.80. The van der Waals surface area contributed by atoms with Crippen LogP contribution in [-0.2, 0) is 0 Å². The van der Waals surface area contributed by atoms with Gasteiger partial charge in [-0.15, -0.1) is 0 Å². The van der Waals surface area contributed by atoms with Crippen LogP contribution in [0.3, 0.4) is 0 Å². The summed E-state index contributed by atoms with van der Waals surface area (Å²) in [7, 11) is 0. The summed E-state index contributed by atoms with van der Waals surface area (Å²) >= 11 is 0. The molecule has 0 amide bonds. The lowest BCUT2D eigenvalue weighted by Crippen LogP contribution is -2.47. The number of hydrogen-bond donors (Lipinski definition) is 2. The van der Waals surface area contributed by atoms with Crippen LogP contribution in [0.1, 0.15) is 32.6 Å². The molecule has 0 aromatic carbocycles. The molecule has 2 rings (SSSR count). The molecule has 1 aliphatic heterocycles. The first-order valence-corrected chi connectivity index (χ1v) is 6.27. The lowest BCUT2D eigenvalue weighted by atomic mass is 9.89. The molecule has 2 aliphatic rings. The van der Waals surface area contributed by atoms with E-state index in [1.165, 1.54) is 51.9 Å². The molecule has 0 radical (unpaired) electrons. The van der Waals surface area contributed by atoms with E-state index in [9.17, 15) is 0 Å². The Hall–Kier alpha value is -0.0800. The molecular weight excluding hydrogens is 172 g/mol. The zero-order valence-electron chi connectivity index (χ0n) is 9.39. The van der Waals surface area contributed by atoms with Crippen molar-refractivity contribution in [2.45, 2.75) is 32.6 Å². The van der Waals surface area contributed by atoms with E-state index in [-0.39, 0.29) is 0 Å². The normalized spacial score (nSPS) is 24.6. The molecule has 1 aliphatic carbocycles. The number of nitrogens with one attached hydrogen (secondary N) is 2. The van der Waals surface area contributed by atoms with E-state index in [1.54, 1.807) is 0 Å². The minimum absolute atomic E-state index is 0.858. The summed E-state index contributed by atoms with van der Waals surface area (Å²) in [6, 6.07) is 0. The first-order valence-electron chi connectivity index (χ1n) is 6.27. The van der Waals surface area contributed by atoms with Crippen LogP contribution < -0.4 is 10.6 Å². The maximum absolute atomic E-state index is 3.59. The number of rotatable bonds is 7. The van der Waals surface area contributed by atoms with Crippen LogP contribution in [0.4, 0.5) is 0 Å². The van der Waals surface area contributed by atoms with E-state index < -0.39 is 0 Å². The van der Waals surface area contributed by atoms with Gasteiger partial charge in [-0.1, -0.05) is 19.8 Å². The Bertz CT molecular complexity index is 162. The third-order valence-electron chi connectivity index (χ3n) is 3.75. The molecule has 2 heteroatoms. The largest absolute Gasteiger partial charge is 0.316 e.